The van der Waals surface area contributed by atoms with Gasteiger partial charge in [-0.2, -0.15) is 0 Å². The average molecular weight is 268 g/mol. The van der Waals surface area contributed by atoms with E-state index in [4.69, 9.17) is 10.5 Å². The van der Waals surface area contributed by atoms with Gasteiger partial charge in [0.05, 0.1) is 12.7 Å². The standard InChI is InChI=1S/C14H21FN2O2/c1-9(2)6-10(8-16)17-14(18)12-5-4-11(19-3)7-13(12)15/h4-5,7,9-10H,6,8,16H2,1-3H3,(H,17,18). The van der Waals surface area contributed by atoms with Gasteiger partial charge < -0.3 is 15.8 Å². The van der Waals surface area contributed by atoms with Crippen molar-refractivity contribution in [1.82, 2.24) is 5.32 Å². The van der Waals surface area contributed by atoms with E-state index in [-0.39, 0.29) is 11.6 Å². The molecule has 1 amide bonds. The predicted molar refractivity (Wildman–Crippen MR) is 72.7 cm³/mol. The summed E-state index contributed by atoms with van der Waals surface area (Å²) in [5, 5.41) is 2.75. The van der Waals surface area contributed by atoms with Crippen molar-refractivity contribution in [3.63, 3.8) is 0 Å². The number of amides is 1. The van der Waals surface area contributed by atoms with Gasteiger partial charge in [-0.3, -0.25) is 4.79 Å². The zero-order valence-corrected chi connectivity index (χ0v) is 11.6. The summed E-state index contributed by atoms with van der Waals surface area (Å²) in [6, 6.07) is 4.01. The fourth-order valence-corrected chi connectivity index (χ4v) is 1.85. The Morgan fingerprint density at radius 2 is 2.16 bits per heavy atom. The molecule has 1 aromatic carbocycles. The van der Waals surface area contributed by atoms with Crippen molar-refractivity contribution in [2.75, 3.05) is 13.7 Å². The number of nitrogens with two attached hydrogens (primary N) is 1. The van der Waals surface area contributed by atoms with Crippen molar-refractivity contribution in [3.05, 3.63) is 29.6 Å². The van der Waals surface area contributed by atoms with Gasteiger partial charge in [-0.15, -0.1) is 0 Å². The number of methoxy groups -OCH3 is 1. The third kappa shape index (κ3) is 4.52. The van der Waals surface area contributed by atoms with Crippen molar-refractivity contribution in [1.29, 1.82) is 0 Å². The molecule has 0 saturated carbocycles. The maximum atomic E-state index is 13.7. The van der Waals surface area contributed by atoms with Crippen LogP contribution in [0.1, 0.15) is 30.6 Å². The monoisotopic (exact) mass is 268 g/mol. The Balaban J connectivity index is 2.77. The second kappa shape index (κ2) is 7.09. The molecule has 0 aliphatic heterocycles. The van der Waals surface area contributed by atoms with E-state index in [0.29, 0.717) is 18.2 Å². The lowest BCUT2D eigenvalue weighted by Crippen LogP contribution is -2.41. The molecule has 0 aliphatic rings. The second-order valence-electron chi connectivity index (χ2n) is 4.88. The van der Waals surface area contributed by atoms with E-state index in [0.717, 1.165) is 6.42 Å². The van der Waals surface area contributed by atoms with Crippen LogP contribution in [0.4, 0.5) is 4.39 Å². The van der Waals surface area contributed by atoms with Crippen LogP contribution in [0, 0.1) is 11.7 Å². The molecule has 0 fully saturated rings. The topological polar surface area (TPSA) is 64.3 Å². The first-order valence-corrected chi connectivity index (χ1v) is 6.32. The van der Waals surface area contributed by atoms with Gasteiger partial charge in [-0.1, -0.05) is 13.8 Å². The Labute approximate surface area is 113 Å². The summed E-state index contributed by atoms with van der Waals surface area (Å²) in [4.78, 5) is 12.0. The van der Waals surface area contributed by atoms with Crippen molar-refractivity contribution < 1.29 is 13.9 Å². The number of carbonyl (C=O) groups excluding carboxylic acids is 1. The lowest BCUT2D eigenvalue weighted by atomic mass is 10.0. The number of ether oxygens (including phenoxy) is 1. The number of nitrogens with one attached hydrogen (secondary N) is 1. The van der Waals surface area contributed by atoms with E-state index in [1.54, 1.807) is 6.07 Å². The van der Waals surface area contributed by atoms with Crippen LogP contribution in [0.2, 0.25) is 0 Å². The predicted octanol–water partition coefficient (Wildman–Crippen LogP) is 1.94. The smallest absolute Gasteiger partial charge is 0.254 e. The Morgan fingerprint density at radius 3 is 2.63 bits per heavy atom. The number of benzene rings is 1. The van der Waals surface area contributed by atoms with Gasteiger partial charge >= 0.3 is 0 Å². The molecule has 1 rings (SSSR count). The molecule has 1 atom stereocenters. The number of carbonyl (C=O) groups is 1. The molecule has 4 nitrogen and oxygen atoms in total. The van der Waals surface area contributed by atoms with Gasteiger partial charge in [0.15, 0.2) is 0 Å². The van der Waals surface area contributed by atoms with E-state index in [1.807, 2.05) is 13.8 Å². The molecule has 0 radical (unpaired) electrons. The lowest BCUT2D eigenvalue weighted by Gasteiger charge is -2.19. The summed E-state index contributed by atoms with van der Waals surface area (Å²) < 4.78 is 18.6. The first-order chi connectivity index (χ1) is 8.97. The van der Waals surface area contributed by atoms with Crippen LogP contribution in [0.15, 0.2) is 18.2 Å². The van der Waals surface area contributed by atoms with Crippen LogP contribution in [0.5, 0.6) is 5.75 Å². The molecule has 3 N–H and O–H groups in total. The molecule has 0 aromatic heterocycles. The molecule has 19 heavy (non-hydrogen) atoms. The van der Waals surface area contributed by atoms with E-state index in [9.17, 15) is 9.18 Å². The molecular weight excluding hydrogens is 247 g/mol. The minimum absolute atomic E-state index is 0.00278. The number of hydrogen-bond acceptors (Lipinski definition) is 3. The number of halogens is 1. The molecule has 0 heterocycles. The lowest BCUT2D eigenvalue weighted by molar-refractivity contribution is 0.0929. The van der Waals surface area contributed by atoms with Crippen molar-refractivity contribution in [2.45, 2.75) is 26.3 Å². The van der Waals surface area contributed by atoms with E-state index < -0.39 is 11.7 Å². The Morgan fingerprint density at radius 1 is 1.47 bits per heavy atom. The highest BCUT2D eigenvalue weighted by molar-refractivity contribution is 5.94. The minimum Gasteiger partial charge on any atom is -0.497 e. The van der Waals surface area contributed by atoms with E-state index in [1.165, 1.54) is 19.2 Å². The van der Waals surface area contributed by atoms with Crippen LogP contribution in [0.25, 0.3) is 0 Å². The molecule has 0 aliphatic carbocycles. The Bertz CT molecular complexity index is 435. The van der Waals surface area contributed by atoms with E-state index in [2.05, 4.69) is 5.32 Å². The molecule has 0 saturated heterocycles. The van der Waals surface area contributed by atoms with Crippen molar-refractivity contribution in [3.8, 4) is 5.75 Å². The highest BCUT2D eigenvalue weighted by Crippen LogP contribution is 2.16. The highest BCUT2D eigenvalue weighted by atomic mass is 19.1. The molecule has 0 bridgehead atoms. The average Bonchev–Trinajstić information content (AvgIpc) is 2.36. The van der Waals surface area contributed by atoms with Gasteiger partial charge in [-0.05, 0) is 24.5 Å². The third-order valence-corrected chi connectivity index (χ3v) is 2.80. The van der Waals surface area contributed by atoms with Crippen molar-refractivity contribution in [2.24, 2.45) is 11.7 Å². The molecule has 1 aromatic rings. The number of hydrogen-bond donors (Lipinski definition) is 2. The van der Waals surface area contributed by atoms with Crippen LogP contribution >= 0.6 is 0 Å². The summed E-state index contributed by atoms with van der Waals surface area (Å²) >= 11 is 0. The van der Waals surface area contributed by atoms with Gasteiger partial charge in [0.2, 0.25) is 0 Å². The Kier molecular flexibility index (Phi) is 5.76. The third-order valence-electron chi connectivity index (χ3n) is 2.80. The fourth-order valence-electron chi connectivity index (χ4n) is 1.85. The summed E-state index contributed by atoms with van der Waals surface area (Å²) in [7, 11) is 1.45. The first kappa shape index (κ1) is 15.4. The van der Waals surface area contributed by atoms with Crippen LogP contribution in [0.3, 0.4) is 0 Å². The van der Waals surface area contributed by atoms with Gasteiger partial charge in [0.25, 0.3) is 5.91 Å². The summed E-state index contributed by atoms with van der Waals surface area (Å²) in [6.45, 7) is 4.42. The molecule has 0 spiro atoms. The number of rotatable bonds is 6. The van der Waals surface area contributed by atoms with E-state index >= 15 is 0 Å². The van der Waals surface area contributed by atoms with Gasteiger partial charge in [-0.25, -0.2) is 4.39 Å². The van der Waals surface area contributed by atoms with Crippen LogP contribution in [-0.2, 0) is 0 Å². The minimum atomic E-state index is -0.600. The quantitative estimate of drug-likeness (QED) is 0.828. The normalized spacial score (nSPS) is 12.3. The van der Waals surface area contributed by atoms with Gasteiger partial charge in [0.1, 0.15) is 11.6 Å². The maximum Gasteiger partial charge on any atom is 0.254 e. The summed E-state index contributed by atoms with van der Waals surface area (Å²) in [5.41, 5.74) is 5.61. The first-order valence-electron chi connectivity index (χ1n) is 6.32. The summed E-state index contributed by atoms with van der Waals surface area (Å²) in [6.07, 6.45) is 0.764. The molecular formula is C14H21FN2O2. The fraction of sp³-hybridized carbons (Fsp3) is 0.500. The largest absolute Gasteiger partial charge is 0.497 e. The van der Waals surface area contributed by atoms with Crippen LogP contribution in [-0.4, -0.2) is 25.6 Å². The summed E-state index contributed by atoms with van der Waals surface area (Å²) in [5.74, 6) is -0.255. The molecule has 106 valence electrons. The molecule has 1 unspecified atom stereocenters. The second-order valence-corrected chi connectivity index (χ2v) is 4.88. The maximum absolute atomic E-state index is 13.7. The van der Waals surface area contributed by atoms with Crippen LogP contribution < -0.4 is 15.8 Å². The zero-order valence-electron chi connectivity index (χ0n) is 11.6. The van der Waals surface area contributed by atoms with Gasteiger partial charge in [0, 0.05) is 18.7 Å². The van der Waals surface area contributed by atoms with Crippen molar-refractivity contribution >= 4 is 5.91 Å². The highest BCUT2D eigenvalue weighted by Gasteiger charge is 2.17. The molecule has 5 heteroatoms. The SMILES string of the molecule is COc1ccc(C(=O)NC(CN)CC(C)C)c(F)c1. The Hall–Kier alpha value is -1.62. The zero-order chi connectivity index (χ0) is 14.4.